The van der Waals surface area contributed by atoms with E-state index < -0.39 is 46.4 Å². The number of esters is 1. The van der Waals surface area contributed by atoms with Gasteiger partial charge in [0.15, 0.2) is 11.6 Å². The zero-order valence-corrected chi connectivity index (χ0v) is 19.1. The van der Waals surface area contributed by atoms with Gasteiger partial charge in [-0.2, -0.15) is 0 Å². The van der Waals surface area contributed by atoms with Crippen LogP contribution in [0.4, 0.5) is 4.39 Å². The molecule has 0 aromatic heterocycles. The molecule has 2 aromatic carbocycles. The van der Waals surface area contributed by atoms with Crippen molar-refractivity contribution >= 4 is 45.1 Å². The number of hydrogen-bond donors (Lipinski definition) is 1. The second-order valence-electron chi connectivity index (χ2n) is 6.87. The smallest absolute Gasteiger partial charge is 0.328 e. The molecule has 1 aliphatic rings. The average molecular weight is 505 g/mol. The summed E-state index contributed by atoms with van der Waals surface area (Å²) in [7, 11) is -3.05. The number of rotatable bonds is 7. The van der Waals surface area contributed by atoms with Crippen LogP contribution in [0.2, 0.25) is 10.0 Å². The van der Waals surface area contributed by atoms with E-state index in [1.807, 2.05) is 0 Å². The summed E-state index contributed by atoms with van der Waals surface area (Å²) in [5.74, 6) is -2.01. The minimum atomic E-state index is -4.22. The standard InChI is InChI=1S/C20H19Cl2FN2O6S/c1-30-20(27)16-9-12(31-17-8-3-2-7-15(17)23)11-25(16)18(26)10-24-32(28,29)19-13(21)5-4-6-14(19)22/h2-8,12,16,24H,9-11H2,1H3. The zero-order valence-electron chi connectivity index (χ0n) is 16.8. The molecule has 12 heteroatoms. The maximum absolute atomic E-state index is 13.9. The quantitative estimate of drug-likeness (QED) is 0.581. The van der Waals surface area contributed by atoms with E-state index in [-0.39, 0.29) is 33.7 Å². The number of carbonyl (C=O) groups excluding carboxylic acids is 2. The van der Waals surface area contributed by atoms with E-state index in [0.717, 1.165) is 12.0 Å². The van der Waals surface area contributed by atoms with Gasteiger partial charge < -0.3 is 14.4 Å². The van der Waals surface area contributed by atoms with Crippen LogP contribution in [0.5, 0.6) is 5.75 Å². The predicted octanol–water partition coefficient (Wildman–Crippen LogP) is 2.63. The zero-order chi connectivity index (χ0) is 23.5. The van der Waals surface area contributed by atoms with E-state index in [2.05, 4.69) is 4.72 Å². The third kappa shape index (κ3) is 5.32. The van der Waals surface area contributed by atoms with Gasteiger partial charge in [-0.25, -0.2) is 22.3 Å². The van der Waals surface area contributed by atoms with Crippen LogP contribution in [0.1, 0.15) is 6.42 Å². The van der Waals surface area contributed by atoms with Crippen LogP contribution >= 0.6 is 23.2 Å². The monoisotopic (exact) mass is 504 g/mol. The lowest BCUT2D eigenvalue weighted by Gasteiger charge is -2.22. The van der Waals surface area contributed by atoms with Crippen LogP contribution < -0.4 is 9.46 Å². The first-order valence-electron chi connectivity index (χ1n) is 9.36. The molecule has 0 aliphatic carbocycles. The van der Waals surface area contributed by atoms with Crippen molar-refractivity contribution in [2.75, 3.05) is 20.2 Å². The topological polar surface area (TPSA) is 102 Å². The number of halogens is 3. The molecule has 2 aromatic rings. The molecular weight excluding hydrogens is 486 g/mol. The maximum atomic E-state index is 13.9. The number of hydrogen-bond acceptors (Lipinski definition) is 6. The van der Waals surface area contributed by atoms with Crippen LogP contribution in [-0.4, -0.2) is 57.5 Å². The number of likely N-dealkylation sites (tertiary alicyclic amines) is 1. The highest BCUT2D eigenvalue weighted by molar-refractivity contribution is 7.89. The van der Waals surface area contributed by atoms with E-state index in [1.54, 1.807) is 6.07 Å². The van der Waals surface area contributed by atoms with Crippen molar-refractivity contribution in [2.24, 2.45) is 0 Å². The Morgan fingerprint density at radius 1 is 1.16 bits per heavy atom. The summed E-state index contributed by atoms with van der Waals surface area (Å²) in [5, 5.41) is -0.214. The molecule has 8 nitrogen and oxygen atoms in total. The summed E-state index contributed by atoms with van der Waals surface area (Å²) < 4.78 is 51.6. The molecule has 1 amide bonds. The average Bonchev–Trinajstić information content (AvgIpc) is 3.17. The Bertz CT molecular complexity index is 1110. The number of amides is 1. The number of nitrogens with zero attached hydrogens (tertiary/aromatic N) is 1. The van der Waals surface area contributed by atoms with E-state index >= 15 is 0 Å². The van der Waals surface area contributed by atoms with E-state index in [4.69, 9.17) is 32.7 Å². The number of sulfonamides is 1. The second-order valence-corrected chi connectivity index (χ2v) is 9.38. The fourth-order valence-electron chi connectivity index (χ4n) is 3.31. The van der Waals surface area contributed by atoms with Crippen molar-refractivity contribution < 1.29 is 31.9 Å². The Hall–Kier alpha value is -2.40. The van der Waals surface area contributed by atoms with Crippen molar-refractivity contribution in [1.82, 2.24) is 9.62 Å². The van der Waals surface area contributed by atoms with Crippen LogP contribution in [0.3, 0.4) is 0 Å². The minimum Gasteiger partial charge on any atom is -0.485 e. The maximum Gasteiger partial charge on any atom is 0.328 e. The summed E-state index contributed by atoms with van der Waals surface area (Å²) in [6.07, 6.45) is -0.648. The van der Waals surface area contributed by atoms with E-state index in [9.17, 15) is 22.4 Å². The molecule has 0 saturated carbocycles. The van der Waals surface area contributed by atoms with Crippen molar-refractivity contribution in [3.05, 3.63) is 58.3 Å². The number of benzene rings is 2. The fourth-order valence-corrected chi connectivity index (χ4v) is 5.42. The fraction of sp³-hybridized carbons (Fsp3) is 0.300. The van der Waals surface area contributed by atoms with Gasteiger partial charge in [-0.15, -0.1) is 0 Å². The Kier molecular flexibility index (Phi) is 7.60. The highest BCUT2D eigenvalue weighted by Crippen LogP contribution is 2.29. The molecule has 1 saturated heterocycles. The van der Waals surface area contributed by atoms with E-state index in [0.29, 0.717) is 0 Å². The van der Waals surface area contributed by atoms with Gasteiger partial charge in [-0.3, -0.25) is 4.79 Å². The summed E-state index contributed by atoms with van der Waals surface area (Å²) in [6, 6.07) is 8.90. The third-order valence-corrected chi connectivity index (χ3v) is 7.14. The summed E-state index contributed by atoms with van der Waals surface area (Å²) in [4.78, 5) is 25.7. The minimum absolute atomic E-state index is 0.0236. The van der Waals surface area contributed by atoms with Gasteiger partial charge in [0.1, 0.15) is 17.0 Å². The normalized spacial score (nSPS) is 18.4. The Morgan fingerprint density at radius 2 is 1.81 bits per heavy atom. The lowest BCUT2D eigenvalue weighted by Crippen LogP contribution is -2.46. The van der Waals surface area contributed by atoms with Crippen LogP contribution in [0, 0.1) is 5.82 Å². The van der Waals surface area contributed by atoms with Crippen molar-refractivity contribution in [3.63, 3.8) is 0 Å². The molecule has 32 heavy (non-hydrogen) atoms. The molecule has 2 unspecified atom stereocenters. The third-order valence-electron chi connectivity index (χ3n) is 4.79. The summed E-state index contributed by atoms with van der Waals surface area (Å²) >= 11 is 11.9. The number of ether oxygens (including phenoxy) is 2. The molecule has 0 spiro atoms. The van der Waals surface area contributed by atoms with Gasteiger partial charge in [-0.1, -0.05) is 41.4 Å². The Balaban J connectivity index is 1.73. The number of carbonyl (C=O) groups is 2. The van der Waals surface area contributed by atoms with Gasteiger partial charge in [0.25, 0.3) is 0 Å². The van der Waals surface area contributed by atoms with Crippen molar-refractivity contribution in [3.8, 4) is 5.75 Å². The first-order valence-corrected chi connectivity index (χ1v) is 11.6. The first kappa shape index (κ1) is 24.2. The molecule has 172 valence electrons. The Labute approximate surface area is 194 Å². The molecule has 1 fully saturated rings. The van der Waals surface area contributed by atoms with Gasteiger partial charge >= 0.3 is 5.97 Å². The van der Waals surface area contributed by atoms with Crippen molar-refractivity contribution in [2.45, 2.75) is 23.5 Å². The van der Waals surface area contributed by atoms with Crippen LogP contribution in [0.15, 0.2) is 47.4 Å². The molecule has 1 heterocycles. The molecule has 3 rings (SSSR count). The van der Waals surface area contributed by atoms with E-state index in [1.165, 1.54) is 36.4 Å². The molecular formula is C20H19Cl2FN2O6S. The molecule has 2 atom stereocenters. The largest absolute Gasteiger partial charge is 0.485 e. The predicted molar refractivity (Wildman–Crippen MR) is 115 cm³/mol. The van der Waals surface area contributed by atoms with Crippen LogP contribution in [0.25, 0.3) is 0 Å². The SMILES string of the molecule is COC(=O)C1CC(Oc2ccccc2F)CN1C(=O)CNS(=O)(=O)c1c(Cl)cccc1Cl. The number of para-hydroxylation sites is 1. The second kappa shape index (κ2) is 10.0. The summed E-state index contributed by atoms with van der Waals surface area (Å²) in [5.41, 5.74) is 0. The lowest BCUT2D eigenvalue weighted by molar-refractivity contribution is -0.150. The lowest BCUT2D eigenvalue weighted by atomic mass is 10.2. The highest BCUT2D eigenvalue weighted by Gasteiger charge is 2.42. The van der Waals surface area contributed by atoms with Gasteiger partial charge in [0.2, 0.25) is 15.9 Å². The number of methoxy groups -OCH3 is 1. The van der Waals surface area contributed by atoms with Gasteiger partial charge in [0, 0.05) is 6.42 Å². The van der Waals surface area contributed by atoms with Crippen molar-refractivity contribution in [1.29, 1.82) is 0 Å². The highest BCUT2D eigenvalue weighted by atomic mass is 35.5. The van der Waals surface area contributed by atoms with Gasteiger partial charge in [-0.05, 0) is 24.3 Å². The Morgan fingerprint density at radius 3 is 2.44 bits per heavy atom. The van der Waals surface area contributed by atoms with Gasteiger partial charge in [0.05, 0.1) is 30.2 Å². The molecule has 1 N–H and O–H groups in total. The van der Waals surface area contributed by atoms with Crippen LogP contribution in [-0.2, 0) is 24.3 Å². The summed E-state index contributed by atoms with van der Waals surface area (Å²) in [6.45, 7) is -0.731. The molecule has 0 radical (unpaired) electrons. The molecule has 1 aliphatic heterocycles. The molecule has 0 bridgehead atoms. The first-order chi connectivity index (χ1) is 15.1. The number of nitrogens with one attached hydrogen (secondary N) is 1.